The van der Waals surface area contributed by atoms with Crippen LogP contribution in [0.1, 0.15) is 24.5 Å². The Morgan fingerprint density at radius 3 is 2.42 bits per heavy atom. The number of nitrogens with one attached hydrogen (secondary N) is 1. The molecule has 130 valence electrons. The molecule has 0 radical (unpaired) electrons. The second kappa shape index (κ2) is 10.6. The summed E-state index contributed by atoms with van der Waals surface area (Å²) in [5.41, 5.74) is 2.22. The first kappa shape index (κ1) is 19.1. The quantitative estimate of drug-likeness (QED) is 0.593. The minimum absolute atomic E-state index is 0.464. The number of ether oxygens (including phenoxy) is 2. The van der Waals surface area contributed by atoms with Crippen molar-refractivity contribution < 1.29 is 9.47 Å². The molecular weight excluding hydrogens is 345 g/mol. The molecule has 5 heteroatoms. The van der Waals surface area contributed by atoms with Gasteiger partial charge in [-0.2, -0.15) is 0 Å². The summed E-state index contributed by atoms with van der Waals surface area (Å²) in [5.74, 6) is 0.834. The second-order valence-corrected chi connectivity index (χ2v) is 6.22. The zero-order valence-electron chi connectivity index (χ0n) is 13.9. The Hall–Kier alpha value is -1.26. The largest absolute Gasteiger partial charge is 0.489 e. The van der Waals surface area contributed by atoms with Crippen LogP contribution in [0.15, 0.2) is 42.5 Å². The normalized spacial score (nSPS) is 10.8. The van der Waals surface area contributed by atoms with Gasteiger partial charge >= 0.3 is 0 Å². The Labute approximate surface area is 153 Å². The zero-order valence-corrected chi connectivity index (χ0v) is 15.4. The van der Waals surface area contributed by atoms with Crippen LogP contribution in [-0.4, -0.2) is 19.8 Å². The molecule has 3 nitrogen and oxygen atoms in total. The maximum atomic E-state index is 6.00. The molecule has 0 amide bonds. The number of hydrogen-bond donors (Lipinski definition) is 1. The molecule has 1 N–H and O–H groups in total. The summed E-state index contributed by atoms with van der Waals surface area (Å²) in [7, 11) is 0. The van der Waals surface area contributed by atoms with Crippen molar-refractivity contribution in [2.75, 3.05) is 19.8 Å². The lowest BCUT2D eigenvalue weighted by molar-refractivity contribution is 0.144. The highest BCUT2D eigenvalue weighted by molar-refractivity contribution is 6.42. The van der Waals surface area contributed by atoms with Crippen LogP contribution in [0.5, 0.6) is 5.75 Å². The first-order valence-electron chi connectivity index (χ1n) is 8.13. The van der Waals surface area contributed by atoms with Crippen LogP contribution in [0.2, 0.25) is 10.0 Å². The molecule has 0 saturated carbocycles. The molecule has 0 aliphatic heterocycles. The van der Waals surface area contributed by atoms with Crippen molar-refractivity contribution in [1.29, 1.82) is 0 Å². The van der Waals surface area contributed by atoms with Gasteiger partial charge in [-0.1, -0.05) is 41.4 Å². The van der Waals surface area contributed by atoms with Crippen LogP contribution in [-0.2, 0) is 17.9 Å². The van der Waals surface area contributed by atoms with E-state index in [1.54, 1.807) is 6.07 Å². The summed E-state index contributed by atoms with van der Waals surface area (Å²) in [4.78, 5) is 0. The molecule has 0 aromatic heterocycles. The third-order valence-corrected chi connectivity index (χ3v) is 4.23. The second-order valence-electron chi connectivity index (χ2n) is 5.41. The monoisotopic (exact) mass is 367 g/mol. The van der Waals surface area contributed by atoms with E-state index in [0.717, 1.165) is 44.0 Å². The molecule has 0 atom stereocenters. The van der Waals surface area contributed by atoms with Gasteiger partial charge in [0.15, 0.2) is 0 Å². The Morgan fingerprint density at radius 2 is 1.71 bits per heavy atom. The fourth-order valence-electron chi connectivity index (χ4n) is 2.18. The lowest BCUT2D eigenvalue weighted by Gasteiger charge is -2.09. The van der Waals surface area contributed by atoms with Gasteiger partial charge in [-0.15, -0.1) is 0 Å². The summed E-state index contributed by atoms with van der Waals surface area (Å²) in [6, 6.07) is 13.6. The predicted octanol–water partition coefficient (Wildman–Crippen LogP) is 5.09. The molecule has 0 aliphatic carbocycles. The molecule has 0 saturated heterocycles. The number of hydrogen-bond acceptors (Lipinski definition) is 3. The standard InChI is InChI=1S/C19H23Cl2NO2/c1-2-23-11-3-10-22-13-15-4-7-17(8-5-15)24-14-16-6-9-18(20)19(21)12-16/h4-9,12,22H,2-3,10-11,13-14H2,1H3. The molecule has 0 fully saturated rings. The van der Waals surface area contributed by atoms with E-state index in [9.17, 15) is 0 Å². The fourth-order valence-corrected chi connectivity index (χ4v) is 2.50. The highest BCUT2D eigenvalue weighted by Crippen LogP contribution is 2.23. The molecule has 0 heterocycles. The van der Waals surface area contributed by atoms with Crippen LogP contribution in [0, 0.1) is 0 Å². The maximum Gasteiger partial charge on any atom is 0.119 e. The summed E-state index contributed by atoms with van der Waals surface area (Å²) >= 11 is 11.9. The summed E-state index contributed by atoms with van der Waals surface area (Å²) in [6.07, 6.45) is 1.03. The third kappa shape index (κ3) is 6.70. The summed E-state index contributed by atoms with van der Waals surface area (Å²) in [5, 5.41) is 4.50. The SMILES string of the molecule is CCOCCCNCc1ccc(OCc2ccc(Cl)c(Cl)c2)cc1. The van der Waals surface area contributed by atoms with Gasteiger partial charge in [0.1, 0.15) is 12.4 Å². The van der Waals surface area contributed by atoms with Crippen LogP contribution in [0.3, 0.4) is 0 Å². The van der Waals surface area contributed by atoms with Crippen molar-refractivity contribution >= 4 is 23.2 Å². The fraction of sp³-hybridized carbons (Fsp3) is 0.368. The van der Waals surface area contributed by atoms with Crippen molar-refractivity contribution in [1.82, 2.24) is 5.32 Å². The number of halogens is 2. The topological polar surface area (TPSA) is 30.5 Å². The average molecular weight is 368 g/mol. The van der Waals surface area contributed by atoms with Crippen LogP contribution in [0.4, 0.5) is 0 Å². The van der Waals surface area contributed by atoms with Gasteiger partial charge in [0, 0.05) is 19.8 Å². The summed E-state index contributed by atoms with van der Waals surface area (Å²) < 4.78 is 11.1. The van der Waals surface area contributed by atoms with E-state index in [1.165, 1.54) is 5.56 Å². The Kier molecular flexibility index (Phi) is 8.40. The van der Waals surface area contributed by atoms with Gasteiger partial charge in [-0.25, -0.2) is 0 Å². The van der Waals surface area contributed by atoms with Crippen molar-refractivity contribution in [3.05, 3.63) is 63.6 Å². The molecule has 2 rings (SSSR count). The number of rotatable bonds is 10. The van der Waals surface area contributed by atoms with Gasteiger partial charge in [0.25, 0.3) is 0 Å². The van der Waals surface area contributed by atoms with Gasteiger partial charge in [-0.3, -0.25) is 0 Å². The molecule has 2 aromatic carbocycles. The van der Waals surface area contributed by atoms with Crippen LogP contribution in [0.25, 0.3) is 0 Å². The predicted molar refractivity (Wildman–Crippen MR) is 100 cm³/mol. The van der Waals surface area contributed by atoms with E-state index in [4.69, 9.17) is 32.7 Å². The van der Waals surface area contributed by atoms with E-state index in [1.807, 2.05) is 31.2 Å². The van der Waals surface area contributed by atoms with Gasteiger partial charge in [-0.05, 0) is 55.3 Å². The van der Waals surface area contributed by atoms with Crippen molar-refractivity contribution in [2.45, 2.75) is 26.5 Å². The number of benzene rings is 2. The van der Waals surface area contributed by atoms with E-state index in [2.05, 4.69) is 17.4 Å². The van der Waals surface area contributed by atoms with Crippen molar-refractivity contribution in [3.63, 3.8) is 0 Å². The van der Waals surface area contributed by atoms with E-state index in [-0.39, 0.29) is 0 Å². The molecule has 0 spiro atoms. The molecule has 2 aromatic rings. The molecule has 0 bridgehead atoms. The minimum Gasteiger partial charge on any atom is -0.489 e. The Balaban J connectivity index is 1.72. The zero-order chi connectivity index (χ0) is 17.2. The molecule has 24 heavy (non-hydrogen) atoms. The molecular formula is C19H23Cl2NO2. The highest BCUT2D eigenvalue weighted by atomic mass is 35.5. The van der Waals surface area contributed by atoms with Crippen molar-refractivity contribution in [3.8, 4) is 5.75 Å². The first-order valence-corrected chi connectivity index (χ1v) is 8.88. The third-order valence-electron chi connectivity index (χ3n) is 3.49. The van der Waals surface area contributed by atoms with Gasteiger partial charge in [0.05, 0.1) is 10.0 Å². The summed E-state index contributed by atoms with van der Waals surface area (Å²) in [6.45, 7) is 5.87. The maximum absolute atomic E-state index is 6.00. The average Bonchev–Trinajstić information content (AvgIpc) is 2.60. The molecule has 0 unspecified atom stereocenters. The Bertz CT molecular complexity index is 617. The van der Waals surface area contributed by atoms with Crippen LogP contribution >= 0.6 is 23.2 Å². The first-order chi connectivity index (χ1) is 11.7. The van der Waals surface area contributed by atoms with E-state index >= 15 is 0 Å². The highest BCUT2D eigenvalue weighted by Gasteiger charge is 2.01. The lowest BCUT2D eigenvalue weighted by atomic mass is 10.2. The minimum atomic E-state index is 0.464. The van der Waals surface area contributed by atoms with E-state index < -0.39 is 0 Å². The smallest absolute Gasteiger partial charge is 0.119 e. The van der Waals surface area contributed by atoms with E-state index in [0.29, 0.717) is 16.7 Å². The van der Waals surface area contributed by atoms with Gasteiger partial charge in [0.2, 0.25) is 0 Å². The molecule has 0 aliphatic rings. The van der Waals surface area contributed by atoms with Gasteiger partial charge < -0.3 is 14.8 Å². The lowest BCUT2D eigenvalue weighted by Crippen LogP contribution is -2.16. The van der Waals surface area contributed by atoms with Crippen molar-refractivity contribution in [2.24, 2.45) is 0 Å². The Morgan fingerprint density at radius 1 is 0.958 bits per heavy atom. The van der Waals surface area contributed by atoms with Crippen LogP contribution < -0.4 is 10.1 Å².